The van der Waals surface area contributed by atoms with Crippen molar-refractivity contribution in [3.63, 3.8) is 0 Å². The molecule has 1 aromatic heterocycles. The van der Waals surface area contributed by atoms with Crippen LogP contribution < -0.4 is 15.4 Å². The molecule has 1 unspecified atom stereocenters. The molecule has 1 saturated heterocycles. The van der Waals surface area contributed by atoms with Crippen LogP contribution in [0.4, 0.5) is 0 Å². The molecule has 1 aromatic carbocycles. The van der Waals surface area contributed by atoms with Crippen molar-refractivity contribution in [3.05, 3.63) is 47.7 Å². The zero-order chi connectivity index (χ0) is 19.4. The lowest BCUT2D eigenvalue weighted by Crippen LogP contribution is -2.50. The number of nitrogens with one attached hydrogen (secondary N) is 2. The molecule has 8 nitrogen and oxygen atoms in total. The number of rotatable bonds is 5. The van der Waals surface area contributed by atoms with Crippen LogP contribution in [0.5, 0.6) is 5.75 Å². The summed E-state index contributed by atoms with van der Waals surface area (Å²) in [6, 6.07) is 8.89. The van der Waals surface area contributed by atoms with Gasteiger partial charge in [-0.25, -0.2) is 9.78 Å². The molecule has 0 spiro atoms. The van der Waals surface area contributed by atoms with Crippen LogP contribution in [0.15, 0.2) is 36.4 Å². The van der Waals surface area contributed by atoms with Crippen LogP contribution in [0, 0.1) is 0 Å². The minimum atomic E-state index is -1.16. The highest BCUT2D eigenvalue weighted by atomic mass is 16.5. The number of benzene rings is 1. The van der Waals surface area contributed by atoms with E-state index in [9.17, 15) is 14.4 Å². The normalized spacial score (nSPS) is 16.3. The van der Waals surface area contributed by atoms with E-state index in [0.717, 1.165) is 6.42 Å². The predicted octanol–water partition coefficient (Wildman–Crippen LogP) is 1.46. The highest BCUT2D eigenvalue weighted by Crippen LogP contribution is 2.29. The molecule has 2 heterocycles. The zero-order valence-electron chi connectivity index (χ0n) is 14.7. The summed E-state index contributed by atoms with van der Waals surface area (Å²) in [5, 5.41) is 14.6. The van der Waals surface area contributed by atoms with Crippen molar-refractivity contribution in [2.75, 3.05) is 13.7 Å². The molecule has 140 valence electrons. The van der Waals surface area contributed by atoms with Gasteiger partial charge in [0.1, 0.15) is 23.2 Å². The average molecular weight is 369 g/mol. The Hall–Kier alpha value is -3.42. The molecule has 1 fully saturated rings. The van der Waals surface area contributed by atoms with Gasteiger partial charge in [0.05, 0.1) is 7.11 Å². The summed E-state index contributed by atoms with van der Waals surface area (Å²) in [5.74, 6) is -1.34. The van der Waals surface area contributed by atoms with Gasteiger partial charge in [0.2, 0.25) is 5.91 Å². The van der Waals surface area contributed by atoms with Crippen molar-refractivity contribution in [3.8, 4) is 17.0 Å². The first-order valence-electron chi connectivity index (χ1n) is 8.47. The number of carbonyl (C=O) groups excluding carboxylic acids is 2. The van der Waals surface area contributed by atoms with Crippen molar-refractivity contribution < 1.29 is 24.2 Å². The van der Waals surface area contributed by atoms with Gasteiger partial charge in [0, 0.05) is 17.7 Å². The van der Waals surface area contributed by atoms with E-state index < -0.39 is 12.0 Å². The standard InChI is InChI=1S/C19H19N3O5/c1-27-15-8-7-14(19(25)26)21-16(15)11-4-2-5-12(10-11)17(23)22-13-6-3-9-20-18(13)24/h2,4-5,7-8,10,13H,3,6,9H2,1H3,(H,20,24)(H,22,23)(H,25,26). The number of amides is 2. The quantitative estimate of drug-likeness (QED) is 0.734. The number of aromatic nitrogens is 1. The molecule has 3 rings (SSSR count). The molecule has 2 amide bonds. The maximum atomic E-state index is 12.5. The molecule has 3 N–H and O–H groups in total. The number of nitrogens with zero attached hydrogens (tertiary/aromatic N) is 1. The van der Waals surface area contributed by atoms with Gasteiger partial charge in [-0.2, -0.15) is 0 Å². The van der Waals surface area contributed by atoms with Crippen molar-refractivity contribution in [2.24, 2.45) is 0 Å². The Labute approximate surface area is 155 Å². The lowest BCUT2D eigenvalue weighted by Gasteiger charge is -2.22. The van der Waals surface area contributed by atoms with Crippen LogP contribution in [0.1, 0.15) is 33.7 Å². The number of hydrogen-bond acceptors (Lipinski definition) is 5. The molecule has 1 aliphatic rings. The fourth-order valence-electron chi connectivity index (χ4n) is 2.90. The Morgan fingerprint density at radius 1 is 1.30 bits per heavy atom. The Morgan fingerprint density at radius 2 is 2.11 bits per heavy atom. The van der Waals surface area contributed by atoms with E-state index in [1.54, 1.807) is 24.3 Å². The highest BCUT2D eigenvalue weighted by molar-refractivity contribution is 5.98. The number of hydrogen-bond donors (Lipinski definition) is 3. The monoisotopic (exact) mass is 369 g/mol. The summed E-state index contributed by atoms with van der Waals surface area (Å²) >= 11 is 0. The zero-order valence-corrected chi connectivity index (χ0v) is 14.7. The van der Waals surface area contributed by atoms with E-state index in [1.807, 2.05) is 0 Å². The second-order valence-electron chi connectivity index (χ2n) is 6.09. The first kappa shape index (κ1) is 18.4. The first-order chi connectivity index (χ1) is 13.0. The van der Waals surface area contributed by atoms with Crippen LogP contribution in [-0.2, 0) is 4.79 Å². The number of aromatic carboxylic acids is 1. The summed E-state index contributed by atoms with van der Waals surface area (Å²) in [6.45, 7) is 0.617. The number of ether oxygens (including phenoxy) is 1. The minimum Gasteiger partial charge on any atom is -0.494 e. The van der Waals surface area contributed by atoms with Gasteiger partial charge in [-0.1, -0.05) is 12.1 Å². The van der Waals surface area contributed by atoms with E-state index in [2.05, 4.69) is 15.6 Å². The fourth-order valence-corrected chi connectivity index (χ4v) is 2.90. The molecule has 0 bridgehead atoms. The SMILES string of the molecule is COc1ccc(C(=O)O)nc1-c1cccc(C(=O)NC2CCCNC2=O)c1. The highest BCUT2D eigenvalue weighted by Gasteiger charge is 2.24. The third-order valence-corrected chi connectivity index (χ3v) is 4.29. The molecule has 0 aliphatic carbocycles. The Kier molecular flexibility index (Phi) is 5.35. The molecule has 0 radical (unpaired) electrons. The van der Waals surface area contributed by atoms with Crippen molar-refractivity contribution in [1.29, 1.82) is 0 Å². The number of carboxylic acids is 1. The van der Waals surface area contributed by atoms with Crippen LogP contribution in [0.25, 0.3) is 11.3 Å². The van der Waals surface area contributed by atoms with E-state index in [1.165, 1.54) is 19.2 Å². The fraction of sp³-hybridized carbons (Fsp3) is 0.263. The number of piperidine rings is 1. The maximum Gasteiger partial charge on any atom is 0.354 e. The number of methoxy groups -OCH3 is 1. The van der Waals surface area contributed by atoms with Gasteiger partial charge in [-0.05, 0) is 37.1 Å². The lowest BCUT2D eigenvalue weighted by molar-refractivity contribution is -0.124. The van der Waals surface area contributed by atoms with Crippen LogP contribution >= 0.6 is 0 Å². The number of carbonyl (C=O) groups is 3. The molecule has 2 aromatic rings. The molecular weight excluding hydrogens is 350 g/mol. The number of carboxylic acid groups (broad SMARTS) is 1. The summed E-state index contributed by atoms with van der Waals surface area (Å²) in [5.41, 5.74) is 1.08. The molecule has 1 aliphatic heterocycles. The van der Waals surface area contributed by atoms with Gasteiger partial charge < -0.3 is 20.5 Å². The lowest BCUT2D eigenvalue weighted by atomic mass is 10.0. The molecular formula is C19H19N3O5. The van der Waals surface area contributed by atoms with Gasteiger partial charge in [-0.3, -0.25) is 9.59 Å². The predicted molar refractivity (Wildman–Crippen MR) is 96.7 cm³/mol. The average Bonchev–Trinajstić information content (AvgIpc) is 2.69. The second kappa shape index (κ2) is 7.86. The summed E-state index contributed by atoms with van der Waals surface area (Å²) in [4.78, 5) is 39.7. The topological polar surface area (TPSA) is 118 Å². The first-order valence-corrected chi connectivity index (χ1v) is 8.47. The van der Waals surface area contributed by atoms with E-state index in [-0.39, 0.29) is 17.5 Å². The van der Waals surface area contributed by atoms with E-state index >= 15 is 0 Å². The summed E-state index contributed by atoms with van der Waals surface area (Å²) in [7, 11) is 1.46. The summed E-state index contributed by atoms with van der Waals surface area (Å²) < 4.78 is 5.26. The molecule has 0 saturated carbocycles. The molecule has 27 heavy (non-hydrogen) atoms. The van der Waals surface area contributed by atoms with E-state index in [4.69, 9.17) is 9.84 Å². The Balaban J connectivity index is 1.89. The Bertz CT molecular complexity index is 897. The van der Waals surface area contributed by atoms with Crippen LogP contribution in [-0.4, -0.2) is 47.6 Å². The third-order valence-electron chi connectivity index (χ3n) is 4.29. The van der Waals surface area contributed by atoms with Gasteiger partial charge in [-0.15, -0.1) is 0 Å². The minimum absolute atomic E-state index is 0.125. The van der Waals surface area contributed by atoms with Gasteiger partial charge >= 0.3 is 5.97 Å². The summed E-state index contributed by atoms with van der Waals surface area (Å²) in [6.07, 6.45) is 1.40. The largest absolute Gasteiger partial charge is 0.494 e. The van der Waals surface area contributed by atoms with Gasteiger partial charge in [0.25, 0.3) is 5.91 Å². The third kappa shape index (κ3) is 4.05. The van der Waals surface area contributed by atoms with E-state index in [0.29, 0.717) is 35.5 Å². The maximum absolute atomic E-state index is 12.5. The molecule has 8 heteroatoms. The molecule has 1 atom stereocenters. The van der Waals surface area contributed by atoms with Crippen LogP contribution in [0.2, 0.25) is 0 Å². The van der Waals surface area contributed by atoms with Crippen molar-refractivity contribution >= 4 is 17.8 Å². The van der Waals surface area contributed by atoms with Crippen LogP contribution in [0.3, 0.4) is 0 Å². The Morgan fingerprint density at radius 3 is 2.81 bits per heavy atom. The van der Waals surface area contributed by atoms with Crippen molar-refractivity contribution in [1.82, 2.24) is 15.6 Å². The number of pyridine rings is 1. The second-order valence-corrected chi connectivity index (χ2v) is 6.09. The smallest absolute Gasteiger partial charge is 0.354 e. The van der Waals surface area contributed by atoms with Crippen molar-refractivity contribution in [2.45, 2.75) is 18.9 Å². The van der Waals surface area contributed by atoms with Gasteiger partial charge in [0.15, 0.2) is 0 Å².